The summed E-state index contributed by atoms with van der Waals surface area (Å²) in [5.74, 6) is 0.936. The lowest BCUT2D eigenvalue weighted by atomic mass is 9.93. The number of benzene rings is 2. The molecule has 0 heterocycles. The Morgan fingerprint density at radius 3 is 2.09 bits per heavy atom. The van der Waals surface area contributed by atoms with E-state index in [1.54, 1.807) is 0 Å². The van der Waals surface area contributed by atoms with E-state index < -0.39 is 8.32 Å². The highest BCUT2D eigenvalue weighted by Gasteiger charge is 2.36. The second kappa shape index (κ2) is 12.3. The van der Waals surface area contributed by atoms with E-state index in [0.717, 1.165) is 49.2 Å². The van der Waals surface area contributed by atoms with Crippen LogP contribution in [0.2, 0.25) is 18.1 Å². The highest BCUT2D eigenvalue weighted by molar-refractivity contribution is 9.10. The number of hydrogen-bond donors (Lipinski definition) is 0. The summed E-state index contributed by atoms with van der Waals surface area (Å²) in [6, 6.07) is 13.0. The minimum Gasteiger partial charge on any atom is -0.493 e. The highest BCUT2D eigenvalue weighted by atomic mass is 79.9. The molecular weight excluding hydrogens is 514 g/mol. The van der Waals surface area contributed by atoms with Crippen molar-refractivity contribution in [1.29, 1.82) is 0 Å². The van der Waals surface area contributed by atoms with Gasteiger partial charge < -0.3 is 14.1 Å². The van der Waals surface area contributed by atoms with Crippen molar-refractivity contribution in [2.75, 3.05) is 24.7 Å². The van der Waals surface area contributed by atoms with Gasteiger partial charge in [-0.1, -0.05) is 63.5 Å². The van der Waals surface area contributed by atoms with Crippen molar-refractivity contribution in [1.82, 2.24) is 0 Å². The van der Waals surface area contributed by atoms with E-state index in [1.807, 2.05) is 0 Å². The Hall–Kier alpha value is -1.30. The van der Waals surface area contributed by atoms with Gasteiger partial charge in [0.05, 0.1) is 6.61 Å². The Bertz CT molecular complexity index is 937. The van der Waals surface area contributed by atoms with Crippen LogP contribution in [-0.4, -0.2) is 28.1 Å². The average Bonchev–Trinajstić information content (AvgIpc) is 2.70. The first kappa shape index (κ1) is 29.9. The van der Waals surface area contributed by atoms with Crippen molar-refractivity contribution in [3.05, 3.63) is 52.0 Å². The fraction of sp³-hybridized carbons (Fsp3) is 0.600. The summed E-state index contributed by atoms with van der Waals surface area (Å²) in [5.41, 5.74) is 5.27. The van der Waals surface area contributed by atoms with Crippen LogP contribution in [0, 0.1) is 19.3 Å². The van der Waals surface area contributed by atoms with Gasteiger partial charge >= 0.3 is 0 Å². The van der Waals surface area contributed by atoms with Gasteiger partial charge in [-0.15, -0.1) is 0 Å². The van der Waals surface area contributed by atoms with Gasteiger partial charge in [0.2, 0.25) is 0 Å². The Labute approximate surface area is 224 Å². The molecule has 35 heavy (non-hydrogen) atoms. The van der Waals surface area contributed by atoms with Gasteiger partial charge in [0.1, 0.15) is 5.75 Å². The summed E-state index contributed by atoms with van der Waals surface area (Å²) >= 11 is 3.66. The molecule has 5 heteroatoms. The average molecular weight is 563 g/mol. The number of hydrogen-bond acceptors (Lipinski definition) is 3. The van der Waals surface area contributed by atoms with Crippen molar-refractivity contribution < 1.29 is 9.16 Å². The summed E-state index contributed by atoms with van der Waals surface area (Å²) in [6.07, 6.45) is 3.15. The molecule has 0 fully saturated rings. The summed E-state index contributed by atoms with van der Waals surface area (Å²) < 4.78 is 13.7. The zero-order chi connectivity index (χ0) is 26.4. The third-order valence-electron chi connectivity index (χ3n) is 7.02. The van der Waals surface area contributed by atoms with Gasteiger partial charge in [0, 0.05) is 35.1 Å². The summed E-state index contributed by atoms with van der Waals surface area (Å²) in [7, 11) is -1.70. The van der Waals surface area contributed by atoms with E-state index in [2.05, 4.69) is 126 Å². The first-order valence-corrected chi connectivity index (χ1v) is 16.7. The Morgan fingerprint density at radius 1 is 0.886 bits per heavy atom. The molecule has 3 nitrogen and oxygen atoms in total. The number of rotatable bonds is 11. The normalized spacial score (nSPS) is 12.7. The standard InChI is InChI=1S/C30H48BrNO2Si/c1-23-20-25(31)21-24(2)28(23)32(17-11-12-18-34-35(9,10)30(6,7)8)26-14-13-15-27(22-26)33-19-16-29(3,4)5/h13-15,20-22H,11-12,16-19H2,1-10H3. The second-order valence-corrected chi connectivity index (χ2v) is 18.2. The molecule has 0 aliphatic carbocycles. The smallest absolute Gasteiger partial charge is 0.191 e. The van der Waals surface area contributed by atoms with E-state index in [9.17, 15) is 0 Å². The van der Waals surface area contributed by atoms with E-state index in [1.165, 1.54) is 22.5 Å². The van der Waals surface area contributed by atoms with Gasteiger partial charge in [-0.25, -0.2) is 0 Å². The van der Waals surface area contributed by atoms with Crippen LogP contribution in [0.25, 0.3) is 0 Å². The van der Waals surface area contributed by atoms with Crippen LogP contribution in [0.4, 0.5) is 11.4 Å². The molecule has 196 valence electrons. The fourth-order valence-electron chi connectivity index (χ4n) is 3.83. The van der Waals surface area contributed by atoms with Gasteiger partial charge in [0.15, 0.2) is 8.32 Å². The van der Waals surface area contributed by atoms with Gasteiger partial charge in [-0.2, -0.15) is 0 Å². The predicted molar refractivity (Wildman–Crippen MR) is 159 cm³/mol. The number of nitrogens with zero attached hydrogens (tertiary/aromatic N) is 1. The molecular formula is C30H48BrNO2Si. The molecule has 0 bridgehead atoms. The molecule has 0 saturated carbocycles. The molecule has 0 amide bonds. The predicted octanol–water partition coefficient (Wildman–Crippen LogP) is 9.82. The van der Waals surface area contributed by atoms with Crippen molar-refractivity contribution in [2.45, 2.75) is 92.8 Å². The number of unbranched alkanes of at least 4 members (excludes halogenated alkanes) is 1. The molecule has 0 N–H and O–H groups in total. The molecule has 2 aromatic rings. The van der Waals surface area contributed by atoms with E-state index in [4.69, 9.17) is 9.16 Å². The zero-order valence-corrected chi connectivity index (χ0v) is 26.4. The largest absolute Gasteiger partial charge is 0.493 e. The van der Waals surface area contributed by atoms with Crippen LogP contribution in [0.5, 0.6) is 5.75 Å². The van der Waals surface area contributed by atoms with Gasteiger partial charge in [-0.3, -0.25) is 0 Å². The topological polar surface area (TPSA) is 21.7 Å². The van der Waals surface area contributed by atoms with Crippen LogP contribution in [0.3, 0.4) is 0 Å². The second-order valence-electron chi connectivity index (χ2n) is 12.5. The lowest BCUT2D eigenvalue weighted by Crippen LogP contribution is -2.41. The molecule has 0 aliphatic heterocycles. The number of ether oxygens (including phenoxy) is 1. The Morgan fingerprint density at radius 2 is 1.51 bits per heavy atom. The molecule has 2 rings (SSSR count). The first-order chi connectivity index (χ1) is 16.1. The molecule has 0 atom stereocenters. The van der Waals surface area contributed by atoms with Crippen molar-refractivity contribution >= 4 is 35.6 Å². The number of halogens is 1. The maximum Gasteiger partial charge on any atom is 0.191 e. The fourth-order valence-corrected chi connectivity index (χ4v) is 5.61. The molecule has 0 radical (unpaired) electrons. The first-order valence-electron chi connectivity index (χ1n) is 13.0. The SMILES string of the molecule is Cc1cc(Br)cc(C)c1N(CCCCO[Si](C)(C)C(C)(C)C)c1cccc(OCCC(C)(C)C)c1. The minimum atomic E-state index is -1.70. The Kier molecular flexibility index (Phi) is 10.5. The van der Waals surface area contributed by atoms with Crippen LogP contribution in [-0.2, 0) is 4.43 Å². The monoisotopic (exact) mass is 561 g/mol. The van der Waals surface area contributed by atoms with Gasteiger partial charge in [-0.05, 0) is 92.0 Å². The number of aryl methyl sites for hydroxylation is 2. The lowest BCUT2D eigenvalue weighted by Gasteiger charge is -2.36. The van der Waals surface area contributed by atoms with Crippen LogP contribution in [0.1, 0.15) is 71.9 Å². The third kappa shape index (κ3) is 9.26. The lowest BCUT2D eigenvalue weighted by molar-refractivity contribution is 0.243. The molecule has 0 spiro atoms. The van der Waals surface area contributed by atoms with Gasteiger partial charge in [0.25, 0.3) is 0 Å². The highest BCUT2D eigenvalue weighted by Crippen LogP contribution is 2.37. The summed E-state index contributed by atoms with van der Waals surface area (Å²) in [5, 5.41) is 0.248. The zero-order valence-electron chi connectivity index (χ0n) is 23.8. The van der Waals surface area contributed by atoms with Crippen LogP contribution < -0.4 is 9.64 Å². The Balaban J connectivity index is 2.20. The van der Waals surface area contributed by atoms with Crippen LogP contribution in [0.15, 0.2) is 40.9 Å². The third-order valence-corrected chi connectivity index (χ3v) is 12.0. The summed E-state index contributed by atoms with van der Waals surface area (Å²) in [4.78, 5) is 2.46. The van der Waals surface area contributed by atoms with E-state index >= 15 is 0 Å². The molecule has 0 aromatic heterocycles. The van der Waals surface area contributed by atoms with Crippen LogP contribution >= 0.6 is 15.9 Å². The van der Waals surface area contributed by atoms with E-state index in [0.29, 0.717) is 0 Å². The quantitative estimate of drug-likeness (QED) is 0.201. The van der Waals surface area contributed by atoms with Crippen molar-refractivity contribution in [3.63, 3.8) is 0 Å². The van der Waals surface area contributed by atoms with Crippen molar-refractivity contribution in [3.8, 4) is 5.75 Å². The number of anilines is 2. The van der Waals surface area contributed by atoms with Crippen molar-refractivity contribution in [2.24, 2.45) is 5.41 Å². The molecule has 0 aliphatic rings. The molecule has 0 unspecified atom stereocenters. The molecule has 2 aromatic carbocycles. The summed E-state index contributed by atoms with van der Waals surface area (Å²) in [6.45, 7) is 25.2. The minimum absolute atomic E-state index is 0.248. The maximum absolute atomic E-state index is 6.44. The molecule has 0 saturated heterocycles. The van der Waals surface area contributed by atoms with E-state index in [-0.39, 0.29) is 10.5 Å². The maximum atomic E-state index is 6.44.